The van der Waals surface area contributed by atoms with Gasteiger partial charge in [-0.1, -0.05) is 6.07 Å². The van der Waals surface area contributed by atoms with Gasteiger partial charge in [0.05, 0.1) is 18.0 Å². The summed E-state index contributed by atoms with van der Waals surface area (Å²) in [5.41, 5.74) is 0.818. The number of methoxy groups -OCH3 is 1. The second-order valence-electron chi connectivity index (χ2n) is 7.06. The summed E-state index contributed by atoms with van der Waals surface area (Å²) >= 11 is 1.64. The van der Waals surface area contributed by atoms with Crippen molar-refractivity contribution in [2.24, 2.45) is 0 Å². The van der Waals surface area contributed by atoms with Crippen LogP contribution < -0.4 is 14.8 Å². The van der Waals surface area contributed by atoms with Gasteiger partial charge in [-0.05, 0) is 74.1 Å². The minimum absolute atomic E-state index is 0.0669. The summed E-state index contributed by atoms with van der Waals surface area (Å²) in [6.07, 6.45) is 0. The van der Waals surface area contributed by atoms with E-state index in [1.165, 1.54) is 24.3 Å². The van der Waals surface area contributed by atoms with Crippen molar-refractivity contribution in [2.75, 3.05) is 32.5 Å². The molecule has 0 saturated heterocycles. The maximum Gasteiger partial charge on any atom is 0.261 e. The number of nitrogens with one attached hydrogen (secondary N) is 2. The number of sulfonamides is 1. The Morgan fingerprint density at radius 2 is 1.74 bits per heavy atom. The summed E-state index contributed by atoms with van der Waals surface area (Å²) < 4.78 is 32.8. The van der Waals surface area contributed by atoms with Crippen LogP contribution in [0.2, 0.25) is 0 Å². The van der Waals surface area contributed by atoms with Crippen molar-refractivity contribution >= 4 is 33.0 Å². The first-order chi connectivity index (χ1) is 14.8. The molecule has 0 fully saturated rings. The van der Waals surface area contributed by atoms with Gasteiger partial charge in [0.2, 0.25) is 0 Å². The summed E-state index contributed by atoms with van der Waals surface area (Å²) in [4.78, 5) is 15.8. The number of nitrogens with zero attached hydrogens (tertiary/aromatic N) is 1. The van der Waals surface area contributed by atoms with Crippen LogP contribution >= 0.6 is 11.3 Å². The molecule has 0 saturated carbocycles. The quantitative estimate of drug-likeness (QED) is 0.511. The van der Waals surface area contributed by atoms with Gasteiger partial charge in [-0.25, -0.2) is 8.42 Å². The highest BCUT2D eigenvalue weighted by Gasteiger charge is 2.18. The topological polar surface area (TPSA) is 87.7 Å². The van der Waals surface area contributed by atoms with Gasteiger partial charge < -0.3 is 15.0 Å². The molecule has 0 aliphatic carbocycles. The maximum atomic E-state index is 12.6. The lowest BCUT2D eigenvalue weighted by Crippen LogP contribution is -2.34. The third-order valence-electron chi connectivity index (χ3n) is 4.72. The average molecular weight is 460 g/mol. The molecule has 9 heteroatoms. The lowest BCUT2D eigenvalue weighted by atomic mass is 10.2. The van der Waals surface area contributed by atoms with E-state index in [0.29, 0.717) is 23.5 Å². The van der Waals surface area contributed by atoms with E-state index in [4.69, 9.17) is 4.74 Å². The molecular weight excluding hydrogens is 434 g/mol. The lowest BCUT2D eigenvalue weighted by molar-refractivity contribution is 0.0942. The van der Waals surface area contributed by atoms with Crippen LogP contribution in [0.4, 0.5) is 5.69 Å². The van der Waals surface area contributed by atoms with Crippen LogP contribution in [-0.2, 0) is 10.0 Å². The second-order valence-corrected chi connectivity index (χ2v) is 9.72. The molecule has 164 valence electrons. The van der Waals surface area contributed by atoms with E-state index >= 15 is 0 Å². The third kappa shape index (κ3) is 5.84. The first-order valence-electron chi connectivity index (χ1n) is 9.55. The normalized spacial score (nSPS) is 12.4. The molecule has 1 amide bonds. The molecule has 3 aromatic rings. The molecule has 3 rings (SSSR count). The highest BCUT2D eigenvalue weighted by molar-refractivity contribution is 7.92. The smallest absolute Gasteiger partial charge is 0.261 e. The van der Waals surface area contributed by atoms with Crippen LogP contribution in [0.25, 0.3) is 0 Å². The fraction of sp³-hybridized carbons (Fsp3) is 0.227. The number of benzene rings is 2. The number of hydrogen-bond donors (Lipinski definition) is 2. The summed E-state index contributed by atoms with van der Waals surface area (Å²) in [7, 11) is 1.70. The van der Waals surface area contributed by atoms with Gasteiger partial charge in [0.25, 0.3) is 15.9 Å². The largest absolute Gasteiger partial charge is 0.497 e. The first-order valence-corrected chi connectivity index (χ1v) is 11.9. The number of amides is 1. The molecule has 1 heterocycles. The molecule has 1 aromatic heterocycles. The monoisotopic (exact) mass is 459 g/mol. The van der Waals surface area contributed by atoms with Crippen molar-refractivity contribution < 1.29 is 17.9 Å². The minimum atomic E-state index is -3.77. The molecule has 0 radical (unpaired) electrons. The Morgan fingerprint density at radius 1 is 1.06 bits per heavy atom. The van der Waals surface area contributed by atoms with Gasteiger partial charge in [0.1, 0.15) is 5.75 Å². The van der Waals surface area contributed by atoms with Gasteiger partial charge in [-0.2, -0.15) is 0 Å². The molecule has 0 aliphatic heterocycles. The molecule has 0 aliphatic rings. The van der Waals surface area contributed by atoms with Crippen molar-refractivity contribution in [3.05, 3.63) is 76.5 Å². The molecule has 31 heavy (non-hydrogen) atoms. The fourth-order valence-electron chi connectivity index (χ4n) is 2.97. The number of carbonyl (C=O) groups is 1. The molecule has 0 spiro atoms. The SMILES string of the molecule is COc1ccc(NS(=O)(=O)c2ccc(C(=O)NCC(c3cccs3)N(C)C)cc2)cc1. The number of ether oxygens (including phenoxy) is 1. The van der Waals surface area contributed by atoms with E-state index in [0.717, 1.165) is 4.88 Å². The highest BCUT2D eigenvalue weighted by Crippen LogP contribution is 2.23. The number of rotatable bonds is 9. The van der Waals surface area contributed by atoms with Crippen molar-refractivity contribution in [2.45, 2.75) is 10.9 Å². The van der Waals surface area contributed by atoms with Gasteiger partial charge >= 0.3 is 0 Å². The Balaban J connectivity index is 1.64. The number of carbonyl (C=O) groups excluding carboxylic acids is 1. The molecule has 2 aromatic carbocycles. The van der Waals surface area contributed by atoms with Crippen LogP contribution in [0.5, 0.6) is 5.75 Å². The Hall–Kier alpha value is -2.88. The Kier molecular flexibility index (Phi) is 7.32. The van der Waals surface area contributed by atoms with Gasteiger partial charge in [-0.3, -0.25) is 9.52 Å². The average Bonchev–Trinajstić information content (AvgIpc) is 3.28. The van der Waals surface area contributed by atoms with Crippen LogP contribution in [0, 0.1) is 0 Å². The fourth-order valence-corrected chi connectivity index (χ4v) is 4.95. The zero-order chi connectivity index (χ0) is 22.4. The third-order valence-corrected chi connectivity index (χ3v) is 7.09. The number of anilines is 1. The Labute approximate surface area is 186 Å². The van der Waals surface area contributed by atoms with Gasteiger partial charge in [-0.15, -0.1) is 11.3 Å². The zero-order valence-electron chi connectivity index (χ0n) is 17.5. The van der Waals surface area contributed by atoms with Crippen molar-refractivity contribution in [3.8, 4) is 5.75 Å². The standard InChI is InChI=1S/C22H25N3O4S2/c1-25(2)20(21-5-4-14-30-21)15-23-22(26)16-6-12-19(13-7-16)31(27,28)24-17-8-10-18(29-3)11-9-17/h4-14,20,24H,15H2,1-3H3,(H,23,26). The summed E-state index contributed by atoms with van der Waals surface area (Å²) in [6, 6.07) is 16.5. The van der Waals surface area contributed by atoms with Crippen molar-refractivity contribution in [1.29, 1.82) is 0 Å². The van der Waals surface area contributed by atoms with Gasteiger partial charge in [0.15, 0.2) is 0 Å². The lowest BCUT2D eigenvalue weighted by Gasteiger charge is -2.23. The number of thiophene rings is 1. The predicted octanol–water partition coefficient (Wildman–Crippen LogP) is 3.59. The number of likely N-dealkylation sites (N-methyl/N-ethyl adjacent to an activating group) is 1. The Morgan fingerprint density at radius 3 is 2.29 bits per heavy atom. The molecular formula is C22H25N3O4S2. The molecule has 0 bridgehead atoms. The highest BCUT2D eigenvalue weighted by atomic mass is 32.2. The van der Waals surface area contributed by atoms with E-state index in [1.807, 2.05) is 36.5 Å². The van der Waals surface area contributed by atoms with E-state index in [1.54, 1.807) is 42.7 Å². The predicted molar refractivity (Wildman–Crippen MR) is 123 cm³/mol. The summed E-state index contributed by atoms with van der Waals surface area (Å²) in [5.74, 6) is 0.379. The van der Waals surface area contributed by atoms with Crippen molar-refractivity contribution in [1.82, 2.24) is 10.2 Å². The minimum Gasteiger partial charge on any atom is -0.497 e. The van der Waals surface area contributed by atoms with Crippen LogP contribution in [-0.4, -0.2) is 47.0 Å². The zero-order valence-corrected chi connectivity index (χ0v) is 19.2. The van der Waals surface area contributed by atoms with Gasteiger partial charge in [0, 0.05) is 22.7 Å². The first kappa shape index (κ1) is 22.8. The van der Waals surface area contributed by atoms with Crippen LogP contribution in [0.3, 0.4) is 0 Å². The second kappa shape index (κ2) is 9.95. The molecule has 7 nitrogen and oxygen atoms in total. The van der Waals surface area contributed by atoms with E-state index in [-0.39, 0.29) is 16.8 Å². The van der Waals surface area contributed by atoms with Crippen LogP contribution in [0.15, 0.2) is 70.9 Å². The van der Waals surface area contributed by atoms with Crippen LogP contribution in [0.1, 0.15) is 21.3 Å². The molecule has 1 atom stereocenters. The van der Waals surface area contributed by atoms with E-state index in [9.17, 15) is 13.2 Å². The summed E-state index contributed by atoms with van der Waals surface area (Å²) in [6.45, 7) is 0.450. The molecule has 2 N–H and O–H groups in total. The van der Waals surface area contributed by atoms with E-state index < -0.39 is 10.0 Å². The summed E-state index contributed by atoms with van der Waals surface area (Å²) in [5, 5.41) is 4.93. The van der Waals surface area contributed by atoms with Crippen molar-refractivity contribution in [3.63, 3.8) is 0 Å². The maximum absolute atomic E-state index is 12.6. The van der Waals surface area contributed by atoms with E-state index in [2.05, 4.69) is 10.0 Å². The Bertz CT molecular complexity index is 1090. The molecule has 1 unspecified atom stereocenters. The number of hydrogen-bond acceptors (Lipinski definition) is 6.